The van der Waals surface area contributed by atoms with Crippen molar-refractivity contribution in [1.82, 2.24) is 10.1 Å². The van der Waals surface area contributed by atoms with Crippen molar-refractivity contribution in [2.24, 2.45) is 5.10 Å². The Morgan fingerprint density at radius 1 is 1.23 bits per heavy atom. The molecule has 8 heteroatoms. The fourth-order valence-corrected chi connectivity index (χ4v) is 2.69. The van der Waals surface area contributed by atoms with Crippen molar-refractivity contribution >= 4 is 21.8 Å². The van der Waals surface area contributed by atoms with E-state index >= 15 is 0 Å². The number of nitrogens with one attached hydrogen (secondary N) is 2. The molecule has 0 aliphatic rings. The van der Waals surface area contributed by atoms with Crippen LogP contribution in [0.3, 0.4) is 0 Å². The Morgan fingerprint density at radius 3 is 2.41 bits per heavy atom. The third kappa shape index (κ3) is 5.45. The van der Waals surface area contributed by atoms with Crippen LogP contribution in [0.5, 0.6) is 0 Å². The van der Waals surface area contributed by atoms with Gasteiger partial charge in [0.1, 0.15) is 0 Å². The number of hydrazone groups is 1. The Morgan fingerprint density at radius 2 is 1.86 bits per heavy atom. The highest BCUT2D eigenvalue weighted by Gasteiger charge is 2.12. The van der Waals surface area contributed by atoms with Crippen LogP contribution < -0.4 is 10.1 Å². The van der Waals surface area contributed by atoms with E-state index in [4.69, 9.17) is 0 Å². The zero-order valence-corrected chi connectivity index (χ0v) is 13.7. The molecular weight excluding hydrogens is 306 g/mol. The van der Waals surface area contributed by atoms with E-state index < -0.39 is 16.1 Å². The summed E-state index contributed by atoms with van der Waals surface area (Å²) in [6.07, 6.45) is 0.0904. The Bertz CT molecular complexity index is 624. The van der Waals surface area contributed by atoms with Gasteiger partial charge in [0.25, 0.3) is 0 Å². The van der Waals surface area contributed by atoms with Crippen LogP contribution in [0.1, 0.15) is 32.8 Å². The number of sulfonamides is 1. The van der Waals surface area contributed by atoms with Gasteiger partial charge in [-0.25, -0.2) is 23.4 Å². The first-order valence-electron chi connectivity index (χ1n) is 6.97. The van der Waals surface area contributed by atoms with Crippen molar-refractivity contribution in [3.63, 3.8) is 0 Å². The Labute approximate surface area is 130 Å². The minimum absolute atomic E-state index is 0.191. The first-order chi connectivity index (χ1) is 10.4. The number of carbonyl (C=O) groups excluding carboxylic acids is 1. The first kappa shape index (κ1) is 18.1. The van der Waals surface area contributed by atoms with Gasteiger partial charge < -0.3 is 4.74 Å². The molecule has 0 saturated heterocycles. The number of hydrogen-bond acceptors (Lipinski definition) is 5. The van der Waals surface area contributed by atoms with E-state index in [0.717, 1.165) is 6.42 Å². The molecule has 0 atom stereocenters. The topological polar surface area (TPSA) is 96.9 Å². The van der Waals surface area contributed by atoms with Crippen LogP contribution in [0.15, 0.2) is 34.3 Å². The molecule has 0 spiro atoms. The largest absolute Gasteiger partial charge is 0.449 e. The molecule has 0 bridgehead atoms. The molecule has 0 aliphatic heterocycles. The number of hydrogen-bond donors (Lipinski definition) is 2. The molecule has 0 aliphatic carbocycles. The van der Waals surface area contributed by atoms with Gasteiger partial charge >= 0.3 is 6.09 Å². The molecule has 1 rings (SSSR count). The van der Waals surface area contributed by atoms with Gasteiger partial charge in [-0.3, -0.25) is 0 Å². The maximum absolute atomic E-state index is 11.9. The van der Waals surface area contributed by atoms with Crippen LogP contribution in [0.2, 0.25) is 0 Å². The van der Waals surface area contributed by atoms with Gasteiger partial charge in [0.15, 0.2) is 0 Å². The third-order valence-electron chi connectivity index (χ3n) is 2.71. The summed E-state index contributed by atoms with van der Waals surface area (Å²) in [5, 5.41) is 3.88. The van der Waals surface area contributed by atoms with Crippen molar-refractivity contribution in [3.8, 4) is 0 Å². The molecular formula is C14H21N3O4S. The van der Waals surface area contributed by atoms with Gasteiger partial charge in [-0.2, -0.15) is 5.10 Å². The summed E-state index contributed by atoms with van der Waals surface area (Å²) >= 11 is 0. The lowest BCUT2D eigenvalue weighted by Crippen LogP contribution is -2.24. The Balaban J connectivity index is 2.80. The molecule has 0 fully saturated rings. The van der Waals surface area contributed by atoms with E-state index in [-0.39, 0.29) is 11.5 Å². The fraction of sp³-hybridized carbons (Fsp3) is 0.429. The highest BCUT2D eigenvalue weighted by molar-refractivity contribution is 7.89. The summed E-state index contributed by atoms with van der Waals surface area (Å²) < 4.78 is 31.1. The maximum atomic E-state index is 11.9. The Hall–Kier alpha value is -1.93. The van der Waals surface area contributed by atoms with Crippen molar-refractivity contribution in [2.45, 2.75) is 32.1 Å². The molecule has 0 saturated carbocycles. The lowest BCUT2D eigenvalue weighted by molar-refractivity contribution is 0.152. The molecule has 0 radical (unpaired) electrons. The van der Waals surface area contributed by atoms with E-state index in [9.17, 15) is 13.2 Å². The van der Waals surface area contributed by atoms with E-state index in [1.807, 2.05) is 6.92 Å². The lowest BCUT2D eigenvalue weighted by Gasteiger charge is -2.07. The van der Waals surface area contributed by atoms with Crippen LogP contribution >= 0.6 is 0 Å². The molecule has 0 unspecified atom stereocenters. The SMILES string of the molecule is CCCNS(=O)(=O)c1ccc(/C(C)=N\NC(=O)OCC)cc1. The van der Waals surface area contributed by atoms with Gasteiger partial charge in [-0.05, 0) is 38.0 Å². The van der Waals surface area contributed by atoms with Crippen LogP contribution in [0, 0.1) is 0 Å². The number of benzene rings is 1. The van der Waals surface area contributed by atoms with Crippen LogP contribution in [-0.4, -0.2) is 33.4 Å². The molecule has 1 aromatic rings. The van der Waals surface area contributed by atoms with E-state index in [1.165, 1.54) is 12.1 Å². The van der Waals surface area contributed by atoms with E-state index in [1.54, 1.807) is 26.0 Å². The molecule has 0 heterocycles. The number of amides is 1. The highest BCUT2D eigenvalue weighted by Crippen LogP contribution is 2.11. The average molecular weight is 327 g/mol. The van der Waals surface area contributed by atoms with Crippen molar-refractivity contribution < 1.29 is 17.9 Å². The Kier molecular flexibility index (Phi) is 7.00. The zero-order chi connectivity index (χ0) is 16.6. The lowest BCUT2D eigenvalue weighted by atomic mass is 10.1. The zero-order valence-electron chi connectivity index (χ0n) is 12.9. The molecule has 1 amide bonds. The number of rotatable bonds is 7. The van der Waals surface area contributed by atoms with E-state index in [2.05, 4.69) is 20.0 Å². The highest BCUT2D eigenvalue weighted by atomic mass is 32.2. The van der Waals surface area contributed by atoms with Gasteiger partial charge in [0.05, 0.1) is 17.2 Å². The summed E-state index contributed by atoms with van der Waals surface area (Å²) in [6.45, 7) is 5.95. The summed E-state index contributed by atoms with van der Waals surface area (Å²) in [4.78, 5) is 11.3. The summed E-state index contributed by atoms with van der Waals surface area (Å²) in [5.41, 5.74) is 3.49. The van der Waals surface area contributed by atoms with Gasteiger partial charge in [-0.15, -0.1) is 0 Å². The van der Waals surface area contributed by atoms with Crippen LogP contribution in [0.25, 0.3) is 0 Å². The second-order valence-corrected chi connectivity index (χ2v) is 6.22. The van der Waals surface area contributed by atoms with Crippen LogP contribution in [-0.2, 0) is 14.8 Å². The number of nitrogens with zero attached hydrogens (tertiary/aromatic N) is 1. The normalized spacial score (nSPS) is 12.0. The van der Waals surface area contributed by atoms with Gasteiger partial charge in [0, 0.05) is 6.54 Å². The minimum atomic E-state index is -3.48. The number of carbonyl (C=O) groups is 1. The molecule has 7 nitrogen and oxygen atoms in total. The van der Waals surface area contributed by atoms with Gasteiger partial charge in [-0.1, -0.05) is 19.1 Å². The molecule has 22 heavy (non-hydrogen) atoms. The molecule has 2 N–H and O–H groups in total. The van der Waals surface area contributed by atoms with E-state index in [0.29, 0.717) is 17.8 Å². The first-order valence-corrected chi connectivity index (χ1v) is 8.46. The summed E-state index contributed by atoms with van der Waals surface area (Å²) in [5.74, 6) is 0. The van der Waals surface area contributed by atoms with Gasteiger partial charge in [0.2, 0.25) is 10.0 Å². The molecule has 1 aromatic carbocycles. The van der Waals surface area contributed by atoms with Crippen molar-refractivity contribution in [1.29, 1.82) is 0 Å². The molecule has 0 aromatic heterocycles. The predicted octanol–water partition coefficient (Wildman–Crippen LogP) is 1.85. The number of ether oxygens (including phenoxy) is 1. The van der Waals surface area contributed by atoms with Crippen molar-refractivity contribution in [2.75, 3.05) is 13.2 Å². The third-order valence-corrected chi connectivity index (χ3v) is 4.19. The summed E-state index contributed by atoms with van der Waals surface area (Å²) in [7, 11) is -3.48. The average Bonchev–Trinajstić information content (AvgIpc) is 2.51. The monoisotopic (exact) mass is 327 g/mol. The van der Waals surface area contributed by atoms with Crippen LogP contribution in [0.4, 0.5) is 4.79 Å². The standard InChI is InChI=1S/C14H21N3O4S/c1-4-10-15-22(19,20)13-8-6-12(7-9-13)11(3)16-17-14(18)21-5-2/h6-9,15H,4-5,10H2,1-3H3,(H,17,18)/b16-11-. The smallest absolute Gasteiger partial charge is 0.427 e. The molecule has 122 valence electrons. The quantitative estimate of drug-likeness (QED) is 0.590. The summed E-state index contributed by atoms with van der Waals surface area (Å²) in [6, 6.07) is 6.26. The maximum Gasteiger partial charge on any atom is 0.427 e. The second-order valence-electron chi connectivity index (χ2n) is 4.45. The van der Waals surface area contributed by atoms with Crippen molar-refractivity contribution in [3.05, 3.63) is 29.8 Å². The minimum Gasteiger partial charge on any atom is -0.449 e. The predicted molar refractivity (Wildman–Crippen MR) is 84.3 cm³/mol. The second kappa shape index (κ2) is 8.50. The fourth-order valence-electron chi connectivity index (χ4n) is 1.55.